The number of ether oxygens (including phenoxy) is 1. The fourth-order valence-corrected chi connectivity index (χ4v) is 2.79. The molecule has 24 heavy (non-hydrogen) atoms. The molecule has 2 aromatic carbocycles. The number of nitrogens with zero attached hydrogens (tertiary/aromatic N) is 1. The molecule has 1 aliphatic rings. The van der Waals surface area contributed by atoms with Gasteiger partial charge >= 0.3 is 0 Å². The maximum atomic E-state index is 11.1. The summed E-state index contributed by atoms with van der Waals surface area (Å²) in [7, 11) is 0. The Kier molecular flexibility index (Phi) is 4.96. The molecule has 0 aromatic heterocycles. The van der Waals surface area contributed by atoms with Gasteiger partial charge in [0.25, 0.3) is 0 Å². The van der Waals surface area contributed by atoms with Crippen LogP contribution in [0.25, 0.3) is 6.08 Å². The number of benzene rings is 2. The molecular weight excluding hydrogens is 302 g/mol. The molecule has 1 amide bonds. The molecular formula is C20H21NO3. The second-order valence-electron chi connectivity index (χ2n) is 6.01. The van der Waals surface area contributed by atoms with Crippen LogP contribution in [0.5, 0.6) is 5.75 Å². The second kappa shape index (κ2) is 7.32. The zero-order valence-electron chi connectivity index (χ0n) is 13.7. The first kappa shape index (κ1) is 16.3. The molecule has 1 aliphatic carbocycles. The van der Waals surface area contributed by atoms with Crippen molar-refractivity contribution < 1.29 is 14.7 Å². The van der Waals surface area contributed by atoms with Crippen LogP contribution in [0.4, 0.5) is 0 Å². The van der Waals surface area contributed by atoms with Crippen LogP contribution in [-0.2, 0) is 17.8 Å². The summed E-state index contributed by atoms with van der Waals surface area (Å²) in [4.78, 5) is 11.1. The lowest BCUT2D eigenvalue weighted by Crippen LogP contribution is -2.27. The van der Waals surface area contributed by atoms with Crippen molar-refractivity contribution in [2.45, 2.75) is 26.4 Å². The van der Waals surface area contributed by atoms with Crippen LogP contribution in [0, 0.1) is 0 Å². The highest BCUT2D eigenvalue weighted by Crippen LogP contribution is 2.28. The Morgan fingerprint density at radius 2 is 1.96 bits per heavy atom. The van der Waals surface area contributed by atoms with Gasteiger partial charge < -0.3 is 4.74 Å². The summed E-state index contributed by atoms with van der Waals surface area (Å²) >= 11 is 0. The van der Waals surface area contributed by atoms with E-state index in [1.807, 2.05) is 48.5 Å². The van der Waals surface area contributed by atoms with Gasteiger partial charge in [0.15, 0.2) is 0 Å². The van der Waals surface area contributed by atoms with E-state index in [0.717, 1.165) is 40.4 Å². The normalized spacial score (nSPS) is 13.0. The van der Waals surface area contributed by atoms with E-state index < -0.39 is 0 Å². The third-order valence-electron chi connectivity index (χ3n) is 4.15. The number of aryl methyl sites for hydroxylation is 1. The van der Waals surface area contributed by atoms with Gasteiger partial charge in [-0.1, -0.05) is 42.5 Å². The first-order chi connectivity index (χ1) is 11.6. The number of rotatable bonds is 5. The SMILES string of the molecule is CC(=O)N(O)CC1=Cc2ccc(OCc3ccccc3)cc2CC1. The molecule has 0 saturated heterocycles. The van der Waals surface area contributed by atoms with E-state index in [9.17, 15) is 10.0 Å². The summed E-state index contributed by atoms with van der Waals surface area (Å²) < 4.78 is 5.87. The highest BCUT2D eigenvalue weighted by molar-refractivity contribution is 5.72. The van der Waals surface area contributed by atoms with E-state index in [-0.39, 0.29) is 12.5 Å². The largest absolute Gasteiger partial charge is 0.489 e. The number of hydroxylamine groups is 2. The van der Waals surface area contributed by atoms with Crippen molar-refractivity contribution in [3.05, 3.63) is 70.8 Å². The smallest absolute Gasteiger partial charge is 0.243 e. The Morgan fingerprint density at radius 1 is 1.17 bits per heavy atom. The molecule has 0 spiro atoms. The van der Waals surface area contributed by atoms with E-state index in [4.69, 9.17) is 4.74 Å². The van der Waals surface area contributed by atoms with Crippen molar-refractivity contribution in [3.63, 3.8) is 0 Å². The molecule has 1 N–H and O–H groups in total. The maximum Gasteiger partial charge on any atom is 0.243 e. The predicted molar refractivity (Wildman–Crippen MR) is 92.7 cm³/mol. The Bertz CT molecular complexity index is 753. The second-order valence-corrected chi connectivity index (χ2v) is 6.01. The van der Waals surface area contributed by atoms with Crippen molar-refractivity contribution in [1.82, 2.24) is 5.06 Å². The van der Waals surface area contributed by atoms with Gasteiger partial charge in [0.2, 0.25) is 5.91 Å². The average Bonchev–Trinajstić information content (AvgIpc) is 2.60. The third-order valence-corrected chi connectivity index (χ3v) is 4.15. The molecule has 0 heterocycles. The number of fused-ring (bicyclic) bond motifs is 1. The van der Waals surface area contributed by atoms with Gasteiger partial charge in [-0.15, -0.1) is 0 Å². The van der Waals surface area contributed by atoms with Gasteiger partial charge in [0.05, 0.1) is 6.54 Å². The number of amides is 1. The van der Waals surface area contributed by atoms with Crippen molar-refractivity contribution in [1.29, 1.82) is 0 Å². The quantitative estimate of drug-likeness (QED) is 0.672. The number of carbonyl (C=O) groups is 1. The molecule has 4 nitrogen and oxygen atoms in total. The van der Waals surface area contributed by atoms with Gasteiger partial charge in [-0.25, -0.2) is 5.06 Å². The molecule has 0 bridgehead atoms. The summed E-state index contributed by atoms with van der Waals surface area (Å²) in [6.07, 6.45) is 3.76. The van der Waals surface area contributed by atoms with Crippen LogP contribution in [0.2, 0.25) is 0 Å². The molecule has 3 rings (SSSR count). The van der Waals surface area contributed by atoms with E-state index in [1.165, 1.54) is 12.5 Å². The van der Waals surface area contributed by atoms with Crippen LogP contribution >= 0.6 is 0 Å². The van der Waals surface area contributed by atoms with Crippen molar-refractivity contribution in [2.75, 3.05) is 6.54 Å². The number of carbonyl (C=O) groups excluding carboxylic acids is 1. The van der Waals surface area contributed by atoms with E-state index in [1.54, 1.807) is 0 Å². The van der Waals surface area contributed by atoms with Crippen LogP contribution in [0.3, 0.4) is 0 Å². The molecule has 2 aromatic rings. The molecule has 0 fully saturated rings. The lowest BCUT2D eigenvalue weighted by molar-refractivity contribution is -0.160. The molecule has 124 valence electrons. The predicted octanol–water partition coefficient (Wildman–Crippen LogP) is 3.83. The summed E-state index contributed by atoms with van der Waals surface area (Å²) in [5.41, 5.74) is 4.56. The standard InChI is InChI=1S/C20H21NO3/c1-15(22)21(23)13-17-7-8-19-12-20(10-9-18(19)11-17)24-14-16-5-3-2-4-6-16/h2-6,9-12,23H,7-8,13-14H2,1H3. The number of hydrogen-bond donors (Lipinski definition) is 1. The molecule has 4 heteroatoms. The zero-order chi connectivity index (χ0) is 16.9. The minimum atomic E-state index is -0.341. The minimum Gasteiger partial charge on any atom is -0.489 e. The Balaban J connectivity index is 1.67. The van der Waals surface area contributed by atoms with Gasteiger partial charge in [-0.05, 0) is 47.2 Å². The topological polar surface area (TPSA) is 49.8 Å². The monoisotopic (exact) mass is 323 g/mol. The first-order valence-electron chi connectivity index (χ1n) is 8.08. The Labute approximate surface area is 141 Å². The Morgan fingerprint density at radius 3 is 2.71 bits per heavy atom. The molecule has 0 saturated carbocycles. The summed E-state index contributed by atoms with van der Waals surface area (Å²) in [5.74, 6) is 0.522. The fraction of sp³-hybridized carbons (Fsp3) is 0.250. The summed E-state index contributed by atoms with van der Waals surface area (Å²) in [5, 5.41) is 10.3. The molecule has 0 aliphatic heterocycles. The van der Waals surface area contributed by atoms with Crippen LogP contribution < -0.4 is 4.74 Å². The first-order valence-corrected chi connectivity index (χ1v) is 8.08. The average molecular weight is 323 g/mol. The van der Waals surface area contributed by atoms with Gasteiger partial charge in [0, 0.05) is 6.92 Å². The van der Waals surface area contributed by atoms with Crippen molar-refractivity contribution in [3.8, 4) is 5.75 Å². The summed E-state index contributed by atoms with van der Waals surface area (Å²) in [6, 6.07) is 16.2. The van der Waals surface area contributed by atoms with Gasteiger partial charge in [-0.3, -0.25) is 10.0 Å². The van der Waals surface area contributed by atoms with Crippen LogP contribution in [0.1, 0.15) is 30.0 Å². The minimum absolute atomic E-state index is 0.265. The lowest BCUT2D eigenvalue weighted by atomic mass is 9.92. The Hall–Kier alpha value is -2.59. The molecule has 0 radical (unpaired) electrons. The highest BCUT2D eigenvalue weighted by Gasteiger charge is 2.14. The van der Waals surface area contributed by atoms with Crippen LogP contribution in [-0.4, -0.2) is 22.7 Å². The lowest BCUT2D eigenvalue weighted by Gasteiger charge is -2.20. The summed E-state index contributed by atoms with van der Waals surface area (Å²) in [6.45, 7) is 2.17. The molecule has 0 atom stereocenters. The van der Waals surface area contributed by atoms with E-state index in [2.05, 4.69) is 6.07 Å². The third kappa shape index (κ3) is 4.03. The maximum absolute atomic E-state index is 11.1. The highest BCUT2D eigenvalue weighted by atomic mass is 16.5. The van der Waals surface area contributed by atoms with Crippen molar-refractivity contribution in [2.24, 2.45) is 0 Å². The number of hydrogen-bond acceptors (Lipinski definition) is 3. The van der Waals surface area contributed by atoms with Crippen LogP contribution in [0.15, 0.2) is 54.1 Å². The van der Waals surface area contributed by atoms with Crippen molar-refractivity contribution >= 4 is 12.0 Å². The van der Waals surface area contributed by atoms with Gasteiger partial charge in [0.1, 0.15) is 12.4 Å². The zero-order valence-corrected chi connectivity index (χ0v) is 13.7. The fourth-order valence-electron chi connectivity index (χ4n) is 2.79. The molecule has 0 unspecified atom stereocenters. The van der Waals surface area contributed by atoms with Gasteiger partial charge in [-0.2, -0.15) is 0 Å². The van der Waals surface area contributed by atoms with E-state index >= 15 is 0 Å². The van der Waals surface area contributed by atoms with E-state index in [0.29, 0.717) is 6.61 Å².